The topological polar surface area (TPSA) is 64.4 Å². The van der Waals surface area contributed by atoms with Crippen molar-refractivity contribution in [3.63, 3.8) is 0 Å². The normalized spacial score (nSPS) is 16.6. The molecule has 6 nitrogen and oxygen atoms in total. The molecule has 1 aliphatic rings. The van der Waals surface area contributed by atoms with Gasteiger partial charge in [0.1, 0.15) is 12.4 Å². The number of carbonyl (C=O) groups excluding carboxylic acids is 2. The summed E-state index contributed by atoms with van der Waals surface area (Å²) in [6.45, 7) is 2.77. The van der Waals surface area contributed by atoms with Crippen LogP contribution in [0.1, 0.15) is 25.1 Å². The summed E-state index contributed by atoms with van der Waals surface area (Å²) in [6.07, 6.45) is 2.39. The summed E-state index contributed by atoms with van der Waals surface area (Å²) in [5.41, 5.74) is 2.60. The zero-order valence-corrected chi connectivity index (χ0v) is 17.3. The highest BCUT2D eigenvalue weighted by Gasteiger charge is 2.35. The van der Waals surface area contributed by atoms with Crippen molar-refractivity contribution in [3.05, 3.63) is 54.4 Å². The molecule has 0 bridgehead atoms. The minimum atomic E-state index is -0.300. The van der Waals surface area contributed by atoms with E-state index >= 15 is 0 Å². The predicted molar refractivity (Wildman–Crippen MR) is 114 cm³/mol. The third-order valence-corrected chi connectivity index (χ3v) is 5.86. The van der Waals surface area contributed by atoms with Crippen molar-refractivity contribution in [2.75, 3.05) is 24.3 Å². The van der Waals surface area contributed by atoms with Crippen molar-refractivity contribution in [1.29, 1.82) is 0 Å². The van der Waals surface area contributed by atoms with Crippen molar-refractivity contribution in [3.8, 4) is 0 Å². The number of para-hydroxylation sites is 2. The molecule has 1 fully saturated rings. The molecule has 0 unspecified atom stereocenters. The molecule has 2 heterocycles. The first-order valence-electron chi connectivity index (χ1n) is 9.66. The van der Waals surface area contributed by atoms with E-state index in [4.69, 9.17) is 9.72 Å². The Morgan fingerprint density at radius 3 is 2.86 bits per heavy atom. The monoisotopic (exact) mass is 409 g/mol. The number of rotatable bonds is 6. The number of esters is 1. The van der Waals surface area contributed by atoms with E-state index in [1.165, 1.54) is 0 Å². The summed E-state index contributed by atoms with van der Waals surface area (Å²) in [4.78, 5) is 32.7. The maximum absolute atomic E-state index is 12.8. The van der Waals surface area contributed by atoms with E-state index in [-0.39, 0.29) is 24.3 Å². The molecule has 0 spiro atoms. The van der Waals surface area contributed by atoms with Gasteiger partial charge in [0.2, 0.25) is 5.91 Å². The molecule has 1 atom stereocenters. The molecule has 1 saturated heterocycles. The zero-order chi connectivity index (χ0) is 20.4. The van der Waals surface area contributed by atoms with Gasteiger partial charge in [0.15, 0.2) is 0 Å². The number of amides is 1. The third kappa shape index (κ3) is 3.87. The van der Waals surface area contributed by atoms with Crippen molar-refractivity contribution >= 4 is 40.4 Å². The molecule has 3 aromatic rings. The van der Waals surface area contributed by atoms with Crippen LogP contribution in [0.5, 0.6) is 0 Å². The fourth-order valence-corrected chi connectivity index (χ4v) is 4.27. The van der Waals surface area contributed by atoms with Crippen LogP contribution < -0.4 is 4.90 Å². The molecule has 1 amide bonds. The Labute approximate surface area is 173 Å². The van der Waals surface area contributed by atoms with Gasteiger partial charge in [0, 0.05) is 29.5 Å². The second-order valence-corrected chi connectivity index (χ2v) is 7.84. The number of benzene rings is 2. The maximum atomic E-state index is 12.8. The maximum Gasteiger partial charge on any atom is 0.326 e. The van der Waals surface area contributed by atoms with Crippen LogP contribution in [0.15, 0.2) is 53.4 Å². The number of thioether (sulfide) groups is 1. The molecular formula is C22H23N3O3S. The van der Waals surface area contributed by atoms with Crippen molar-refractivity contribution in [2.45, 2.75) is 30.7 Å². The first-order chi connectivity index (χ1) is 14.1. The first kappa shape index (κ1) is 19.5. The zero-order valence-electron chi connectivity index (χ0n) is 16.5. The highest BCUT2D eigenvalue weighted by atomic mass is 32.2. The predicted octanol–water partition coefficient (Wildman–Crippen LogP) is 3.84. The van der Waals surface area contributed by atoms with Crippen LogP contribution in [0.25, 0.3) is 11.0 Å². The minimum Gasteiger partial charge on any atom is -0.465 e. The van der Waals surface area contributed by atoms with Gasteiger partial charge in [-0.25, -0.2) is 4.98 Å². The van der Waals surface area contributed by atoms with E-state index in [1.54, 1.807) is 18.7 Å². The van der Waals surface area contributed by atoms with Crippen LogP contribution in [-0.2, 0) is 20.9 Å². The van der Waals surface area contributed by atoms with E-state index < -0.39 is 0 Å². The van der Waals surface area contributed by atoms with Gasteiger partial charge < -0.3 is 14.2 Å². The highest BCUT2D eigenvalue weighted by molar-refractivity contribution is 7.98. The smallest absolute Gasteiger partial charge is 0.326 e. The summed E-state index contributed by atoms with van der Waals surface area (Å²) in [5, 5.41) is 0. The van der Waals surface area contributed by atoms with E-state index in [0.29, 0.717) is 19.6 Å². The largest absolute Gasteiger partial charge is 0.465 e. The summed E-state index contributed by atoms with van der Waals surface area (Å²) in [5.74, 6) is 0.451. The summed E-state index contributed by atoms with van der Waals surface area (Å²) < 4.78 is 7.05. The summed E-state index contributed by atoms with van der Waals surface area (Å²) in [6, 6.07) is 15.7. The number of aromatic nitrogens is 2. The molecule has 150 valence electrons. The lowest BCUT2D eigenvalue weighted by molar-refractivity contribution is -0.143. The molecule has 0 radical (unpaired) electrons. The van der Waals surface area contributed by atoms with Gasteiger partial charge in [0.05, 0.1) is 17.6 Å². The molecule has 1 aromatic heterocycles. The average molecular weight is 410 g/mol. The highest BCUT2D eigenvalue weighted by Crippen LogP contribution is 2.34. The van der Waals surface area contributed by atoms with E-state index in [0.717, 1.165) is 27.4 Å². The Kier molecular flexibility index (Phi) is 5.58. The molecule has 29 heavy (non-hydrogen) atoms. The Morgan fingerprint density at radius 2 is 2.07 bits per heavy atom. The molecule has 1 aliphatic heterocycles. The second-order valence-electron chi connectivity index (χ2n) is 6.96. The van der Waals surface area contributed by atoms with Gasteiger partial charge in [-0.2, -0.15) is 0 Å². The minimum absolute atomic E-state index is 0.0722. The van der Waals surface area contributed by atoms with E-state index in [1.807, 2.05) is 64.3 Å². The Morgan fingerprint density at radius 1 is 1.24 bits per heavy atom. The number of fused-ring (bicyclic) bond motifs is 1. The Balaban J connectivity index is 1.67. The lowest BCUT2D eigenvalue weighted by Gasteiger charge is -2.18. The van der Waals surface area contributed by atoms with Gasteiger partial charge in [-0.15, -0.1) is 11.8 Å². The third-order valence-electron chi connectivity index (χ3n) is 5.13. The second kappa shape index (κ2) is 8.29. The molecule has 0 saturated carbocycles. The van der Waals surface area contributed by atoms with Crippen LogP contribution >= 0.6 is 11.8 Å². The summed E-state index contributed by atoms with van der Waals surface area (Å²) in [7, 11) is 0. The summed E-state index contributed by atoms with van der Waals surface area (Å²) >= 11 is 1.65. The van der Waals surface area contributed by atoms with Crippen LogP contribution in [0.4, 0.5) is 5.69 Å². The van der Waals surface area contributed by atoms with Gasteiger partial charge in [-0.3, -0.25) is 9.59 Å². The van der Waals surface area contributed by atoms with Crippen LogP contribution in [-0.4, -0.2) is 40.8 Å². The standard InChI is InChI=1S/C22H23N3O3S/c1-3-28-21(27)14-25-19-10-5-4-9-18(19)23-22(25)15-11-20(26)24(13-15)16-7-6-8-17(12-16)29-2/h4-10,12,15H,3,11,13-14H2,1-2H3/t15-/m0/s1. The van der Waals surface area contributed by atoms with Crippen LogP contribution in [0.3, 0.4) is 0 Å². The fraction of sp³-hybridized carbons (Fsp3) is 0.318. The van der Waals surface area contributed by atoms with Gasteiger partial charge in [0.25, 0.3) is 0 Å². The SMILES string of the molecule is CCOC(=O)Cn1c([C@H]2CC(=O)N(c3cccc(SC)c3)C2)nc2ccccc21. The van der Waals surface area contributed by atoms with Gasteiger partial charge >= 0.3 is 5.97 Å². The molecule has 4 rings (SSSR count). The number of carbonyl (C=O) groups is 2. The van der Waals surface area contributed by atoms with Crippen molar-refractivity contribution in [2.24, 2.45) is 0 Å². The van der Waals surface area contributed by atoms with Gasteiger partial charge in [-0.1, -0.05) is 18.2 Å². The average Bonchev–Trinajstić information content (AvgIpc) is 3.29. The molecule has 0 aliphatic carbocycles. The van der Waals surface area contributed by atoms with Gasteiger partial charge in [-0.05, 0) is 43.5 Å². The number of imidazole rings is 1. The van der Waals surface area contributed by atoms with E-state index in [2.05, 4.69) is 0 Å². The Hall–Kier alpha value is -2.80. The Bertz CT molecular complexity index is 1060. The van der Waals surface area contributed by atoms with Crippen molar-refractivity contribution < 1.29 is 14.3 Å². The number of hydrogen-bond acceptors (Lipinski definition) is 5. The lowest BCUT2D eigenvalue weighted by Crippen LogP contribution is -2.24. The van der Waals surface area contributed by atoms with E-state index in [9.17, 15) is 9.59 Å². The number of ether oxygens (including phenoxy) is 1. The molecule has 7 heteroatoms. The van der Waals surface area contributed by atoms with Crippen LogP contribution in [0.2, 0.25) is 0 Å². The molecule has 2 aromatic carbocycles. The number of anilines is 1. The fourth-order valence-electron chi connectivity index (χ4n) is 3.82. The quantitative estimate of drug-likeness (QED) is 0.457. The number of hydrogen-bond donors (Lipinski definition) is 0. The first-order valence-corrected chi connectivity index (χ1v) is 10.9. The lowest BCUT2D eigenvalue weighted by atomic mass is 10.1. The number of nitrogens with zero attached hydrogens (tertiary/aromatic N) is 3. The molecular weight excluding hydrogens is 386 g/mol. The van der Waals surface area contributed by atoms with Crippen LogP contribution in [0, 0.1) is 0 Å². The van der Waals surface area contributed by atoms with Crippen molar-refractivity contribution in [1.82, 2.24) is 9.55 Å². The molecule has 0 N–H and O–H groups in total.